The van der Waals surface area contributed by atoms with Gasteiger partial charge in [-0.1, -0.05) is 0 Å². The van der Waals surface area contributed by atoms with Crippen molar-refractivity contribution in [3.63, 3.8) is 0 Å². The van der Waals surface area contributed by atoms with Crippen LogP contribution in [0.3, 0.4) is 0 Å². The van der Waals surface area contributed by atoms with E-state index in [0.717, 1.165) is 36.8 Å². The summed E-state index contributed by atoms with van der Waals surface area (Å²) in [5.74, 6) is 0.0120. The lowest BCUT2D eigenvalue weighted by Crippen LogP contribution is -2.17. The average molecular weight is 207 g/mol. The van der Waals surface area contributed by atoms with Gasteiger partial charge in [-0.15, -0.1) is 10.2 Å². The fourth-order valence-electron chi connectivity index (χ4n) is 1.93. The predicted molar refractivity (Wildman–Crippen MR) is 54.4 cm³/mol. The maximum absolute atomic E-state index is 11.4. The summed E-state index contributed by atoms with van der Waals surface area (Å²) in [4.78, 5) is 11.4. The molecule has 1 aromatic heterocycles. The number of carbonyl (C=O) groups is 1. The molecule has 0 aromatic carbocycles. The number of hydrogen-bond donors (Lipinski definition) is 1. The molecule has 1 aliphatic rings. The van der Waals surface area contributed by atoms with Gasteiger partial charge in [0.1, 0.15) is 5.82 Å². The fourth-order valence-corrected chi connectivity index (χ4v) is 1.93. The third kappa shape index (κ3) is 1.65. The van der Waals surface area contributed by atoms with Crippen LogP contribution in [0.5, 0.6) is 0 Å². The number of fused-ring (bicyclic) bond motifs is 1. The Kier molecular flexibility index (Phi) is 2.53. The van der Waals surface area contributed by atoms with Crippen LogP contribution < -0.4 is 5.73 Å². The lowest BCUT2D eigenvalue weighted by molar-refractivity contribution is 0.0591. The number of nitrogen functional groups attached to an aromatic ring is 1. The van der Waals surface area contributed by atoms with Crippen molar-refractivity contribution in [2.45, 2.75) is 25.7 Å². The number of aromatic nitrogens is 2. The zero-order valence-corrected chi connectivity index (χ0v) is 8.62. The molecule has 5 heteroatoms. The van der Waals surface area contributed by atoms with Crippen LogP contribution in [0.4, 0.5) is 5.82 Å². The van der Waals surface area contributed by atoms with Gasteiger partial charge in [-0.05, 0) is 31.2 Å². The Bertz CT molecular complexity index is 404. The predicted octanol–water partition coefficient (Wildman–Crippen LogP) is 0.724. The van der Waals surface area contributed by atoms with Crippen molar-refractivity contribution in [2.75, 3.05) is 12.8 Å². The molecule has 1 heterocycles. The van der Waals surface area contributed by atoms with Crippen LogP contribution in [-0.2, 0) is 17.6 Å². The summed E-state index contributed by atoms with van der Waals surface area (Å²) in [6.45, 7) is 0. The number of nitrogens with zero attached hydrogens (tertiary/aromatic N) is 2. The number of carbonyl (C=O) groups excluding carboxylic acids is 1. The molecule has 0 amide bonds. The van der Waals surface area contributed by atoms with Crippen molar-refractivity contribution >= 4 is 11.8 Å². The molecule has 0 bridgehead atoms. The number of hydrogen-bond acceptors (Lipinski definition) is 5. The number of anilines is 1. The van der Waals surface area contributed by atoms with Gasteiger partial charge in [-0.25, -0.2) is 4.79 Å². The van der Waals surface area contributed by atoms with E-state index in [0.29, 0.717) is 11.5 Å². The molecule has 0 saturated carbocycles. The van der Waals surface area contributed by atoms with E-state index < -0.39 is 5.97 Å². The number of ether oxygens (including phenoxy) is 1. The van der Waals surface area contributed by atoms with Crippen LogP contribution in [0, 0.1) is 0 Å². The molecule has 15 heavy (non-hydrogen) atoms. The van der Waals surface area contributed by atoms with Gasteiger partial charge in [-0.3, -0.25) is 0 Å². The fraction of sp³-hybridized carbons (Fsp3) is 0.500. The van der Waals surface area contributed by atoms with Crippen LogP contribution in [0.1, 0.15) is 34.5 Å². The highest BCUT2D eigenvalue weighted by atomic mass is 16.5. The van der Waals surface area contributed by atoms with Crippen molar-refractivity contribution in [2.24, 2.45) is 0 Å². The normalized spacial score (nSPS) is 14.5. The minimum absolute atomic E-state index is 0.321. The van der Waals surface area contributed by atoms with Gasteiger partial charge < -0.3 is 10.5 Å². The number of methoxy groups -OCH3 is 1. The van der Waals surface area contributed by atoms with E-state index in [-0.39, 0.29) is 0 Å². The first-order valence-corrected chi connectivity index (χ1v) is 4.96. The smallest absolute Gasteiger partial charge is 0.358 e. The quantitative estimate of drug-likeness (QED) is 0.686. The van der Waals surface area contributed by atoms with Gasteiger partial charge in [0.05, 0.1) is 7.11 Å². The molecule has 0 unspecified atom stereocenters. The summed E-state index contributed by atoms with van der Waals surface area (Å²) in [5, 5.41) is 7.60. The van der Waals surface area contributed by atoms with Crippen LogP contribution in [0.2, 0.25) is 0 Å². The van der Waals surface area contributed by atoms with E-state index in [4.69, 9.17) is 5.73 Å². The lowest BCUT2D eigenvalue weighted by Gasteiger charge is -2.17. The molecule has 0 fully saturated rings. The van der Waals surface area contributed by atoms with Crippen molar-refractivity contribution in [1.29, 1.82) is 0 Å². The highest BCUT2D eigenvalue weighted by Gasteiger charge is 2.22. The third-order valence-corrected chi connectivity index (χ3v) is 2.70. The van der Waals surface area contributed by atoms with Crippen molar-refractivity contribution < 1.29 is 9.53 Å². The second kappa shape index (κ2) is 3.84. The molecule has 2 N–H and O–H groups in total. The minimum atomic E-state index is -0.430. The van der Waals surface area contributed by atoms with E-state index in [2.05, 4.69) is 14.9 Å². The molecule has 0 atom stereocenters. The molecule has 2 rings (SSSR count). The molecular weight excluding hydrogens is 194 g/mol. The topological polar surface area (TPSA) is 78.1 Å². The van der Waals surface area contributed by atoms with Gasteiger partial charge in [0, 0.05) is 5.56 Å². The molecule has 80 valence electrons. The van der Waals surface area contributed by atoms with E-state index >= 15 is 0 Å². The largest absolute Gasteiger partial charge is 0.464 e. The van der Waals surface area contributed by atoms with Gasteiger partial charge in [-0.2, -0.15) is 0 Å². The maximum atomic E-state index is 11.4. The standard InChI is InChI=1S/C10H13N3O2/c1-15-10(14)8-6-4-2-3-5-7(6)9(11)13-12-8/h2-5H2,1H3,(H2,11,13). The Hall–Kier alpha value is -1.65. The molecule has 1 aliphatic carbocycles. The Morgan fingerprint density at radius 2 is 1.93 bits per heavy atom. The van der Waals surface area contributed by atoms with Crippen LogP contribution in [0.25, 0.3) is 0 Å². The van der Waals surface area contributed by atoms with Crippen molar-refractivity contribution in [1.82, 2.24) is 10.2 Å². The Labute approximate surface area is 87.6 Å². The first-order chi connectivity index (χ1) is 7.24. The summed E-state index contributed by atoms with van der Waals surface area (Å²) in [7, 11) is 1.34. The summed E-state index contributed by atoms with van der Waals surface area (Å²) < 4.78 is 4.66. The average Bonchev–Trinajstić information content (AvgIpc) is 2.29. The monoisotopic (exact) mass is 207 g/mol. The number of rotatable bonds is 1. The van der Waals surface area contributed by atoms with Gasteiger partial charge in [0.25, 0.3) is 0 Å². The summed E-state index contributed by atoms with van der Waals surface area (Å²) in [5.41, 5.74) is 7.93. The summed E-state index contributed by atoms with van der Waals surface area (Å²) >= 11 is 0. The third-order valence-electron chi connectivity index (χ3n) is 2.70. The van der Waals surface area contributed by atoms with E-state index in [1.165, 1.54) is 7.11 Å². The Morgan fingerprint density at radius 3 is 2.60 bits per heavy atom. The zero-order valence-electron chi connectivity index (χ0n) is 8.62. The first-order valence-electron chi connectivity index (χ1n) is 4.96. The second-order valence-corrected chi connectivity index (χ2v) is 3.59. The lowest BCUT2D eigenvalue weighted by atomic mass is 9.91. The van der Waals surface area contributed by atoms with E-state index in [1.54, 1.807) is 0 Å². The summed E-state index contributed by atoms with van der Waals surface area (Å²) in [6.07, 6.45) is 3.85. The highest BCUT2D eigenvalue weighted by Crippen LogP contribution is 2.26. The minimum Gasteiger partial charge on any atom is -0.464 e. The SMILES string of the molecule is COC(=O)c1nnc(N)c2c1CCCC2. The van der Waals surface area contributed by atoms with Gasteiger partial charge in [0.15, 0.2) is 5.69 Å². The maximum Gasteiger partial charge on any atom is 0.358 e. The van der Waals surface area contributed by atoms with E-state index in [1.807, 2.05) is 0 Å². The summed E-state index contributed by atoms with van der Waals surface area (Å²) in [6, 6.07) is 0. The van der Waals surface area contributed by atoms with Gasteiger partial charge >= 0.3 is 5.97 Å². The second-order valence-electron chi connectivity index (χ2n) is 3.59. The molecule has 1 aromatic rings. The highest BCUT2D eigenvalue weighted by molar-refractivity contribution is 5.89. The molecule has 0 radical (unpaired) electrons. The first kappa shape index (κ1) is 9.89. The van der Waals surface area contributed by atoms with Crippen LogP contribution in [-0.4, -0.2) is 23.3 Å². The Balaban J connectivity index is 2.52. The molecule has 0 saturated heterocycles. The van der Waals surface area contributed by atoms with Crippen LogP contribution in [0.15, 0.2) is 0 Å². The molecule has 5 nitrogen and oxygen atoms in total. The molecular formula is C10H13N3O2. The van der Waals surface area contributed by atoms with E-state index in [9.17, 15) is 4.79 Å². The van der Waals surface area contributed by atoms with Crippen LogP contribution >= 0.6 is 0 Å². The molecule has 0 spiro atoms. The van der Waals surface area contributed by atoms with Crippen molar-refractivity contribution in [3.05, 3.63) is 16.8 Å². The van der Waals surface area contributed by atoms with Crippen molar-refractivity contribution in [3.8, 4) is 0 Å². The van der Waals surface area contributed by atoms with Gasteiger partial charge in [0.2, 0.25) is 0 Å². The molecule has 0 aliphatic heterocycles. The number of esters is 1. The zero-order chi connectivity index (χ0) is 10.8. The Morgan fingerprint density at radius 1 is 1.27 bits per heavy atom. The number of nitrogens with two attached hydrogens (primary N) is 1.